The topological polar surface area (TPSA) is 34.1 Å². The van der Waals surface area contributed by atoms with Crippen LogP contribution in [0.5, 0.6) is 5.88 Å². The van der Waals surface area contributed by atoms with Gasteiger partial charge in [0.25, 0.3) is 0 Å². The van der Waals surface area contributed by atoms with Crippen LogP contribution in [0.3, 0.4) is 0 Å². The highest BCUT2D eigenvalue weighted by Crippen LogP contribution is 2.47. The summed E-state index contributed by atoms with van der Waals surface area (Å²) in [5.41, 5.74) is 1.86. The zero-order valence-electron chi connectivity index (χ0n) is 8.99. The Morgan fingerprint density at radius 2 is 2.40 bits per heavy atom. The van der Waals surface area contributed by atoms with Gasteiger partial charge in [-0.15, -0.1) is 0 Å². The summed E-state index contributed by atoms with van der Waals surface area (Å²) >= 11 is 0. The number of ether oxygens (including phenoxy) is 1. The highest BCUT2D eigenvalue weighted by atomic mass is 16.5. The van der Waals surface area contributed by atoms with Crippen LogP contribution in [0.4, 0.5) is 0 Å². The van der Waals surface area contributed by atoms with Crippen molar-refractivity contribution in [2.24, 2.45) is 0 Å². The predicted octanol–water partition coefficient (Wildman–Crippen LogP) is 1.70. The molecule has 1 saturated heterocycles. The summed E-state index contributed by atoms with van der Waals surface area (Å²) in [4.78, 5) is 4.14. The molecular weight excluding hydrogens is 188 g/mol. The van der Waals surface area contributed by atoms with Gasteiger partial charge in [0, 0.05) is 24.3 Å². The lowest BCUT2D eigenvalue weighted by Gasteiger charge is -2.10. The summed E-state index contributed by atoms with van der Waals surface area (Å²) in [6.07, 6.45) is 5.82. The van der Waals surface area contributed by atoms with Crippen LogP contribution in [0.1, 0.15) is 30.7 Å². The first-order valence-corrected chi connectivity index (χ1v) is 5.56. The standard InChI is InChI=1S/C12H16N2O/c1-15-11-6-9(2-5-13-11)10-7-12(3-4-12)14-8-10/h2,5-6,10,14H,3-4,7-8H2,1H3. The minimum Gasteiger partial charge on any atom is -0.481 e. The lowest BCUT2D eigenvalue weighted by atomic mass is 9.96. The van der Waals surface area contributed by atoms with Crippen molar-refractivity contribution < 1.29 is 4.74 Å². The van der Waals surface area contributed by atoms with E-state index in [1.807, 2.05) is 6.20 Å². The van der Waals surface area contributed by atoms with E-state index < -0.39 is 0 Å². The first-order chi connectivity index (χ1) is 7.31. The Labute approximate surface area is 89.9 Å². The second kappa shape index (κ2) is 3.20. The molecule has 1 saturated carbocycles. The number of nitrogens with zero attached hydrogens (tertiary/aromatic N) is 1. The zero-order valence-corrected chi connectivity index (χ0v) is 8.99. The highest BCUT2D eigenvalue weighted by Gasteiger charge is 2.48. The van der Waals surface area contributed by atoms with Crippen molar-refractivity contribution in [1.82, 2.24) is 10.3 Å². The van der Waals surface area contributed by atoms with Crippen LogP contribution in [-0.2, 0) is 0 Å². The van der Waals surface area contributed by atoms with E-state index in [0.29, 0.717) is 11.5 Å². The van der Waals surface area contributed by atoms with Crippen LogP contribution in [0.15, 0.2) is 18.3 Å². The lowest BCUT2D eigenvalue weighted by molar-refractivity contribution is 0.397. The summed E-state index contributed by atoms with van der Waals surface area (Å²) in [6.45, 7) is 1.10. The average molecular weight is 204 g/mol. The Balaban J connectivity index is 1.80. The molecule has 0 radical (unpaired) electrons. The molecule has 1 aromatic heterocycles. The third-order valence-corrected chi connectivity index (χ3v) is 3.65. The van der Waals surface area contributed by atoms with Gasteiger partial charge in [-0.2, -0.15) is 0 Å². The zero-order chi connectivity index (χ0) is 10.3. The van der Waals surface area contributed by atoms with Crippen molar-refractivity contribution in [3.63, 3.8) is 0 Å². The van der Waals surface area contributed by atoms with Gasteiger partial charge >= 0.3 is 0 Å². The molecule has 2 heterocycles. The summed E-state index contributed by atoms with van der Waals surface area (Å²) in [5, 5.41) is 3.63. The summed E-state index contributed by atoms with van der Waals surface area (Å²) in [7, 11) is 1.67. The minimum atomic E-state index is 0.501. The van der Waals surface area contributed by atoms with Gasteiger partial charge in [-0.1, -0.05) is 0 Å². The molecule has 0 aromatic carbocycles. The molecule has 0 amide bonds. The maximum absolute atomic E-state index is 5.15. The number of nitrogens with one attached hydrogen (secondary N) is 1. The van der Waals surface area contributed by atoms with Crippen molar-refractivity contribution in [3.05, 3.63) is 23.9 Å². The van der Waals surface area contributed by atoms with Crippen LogP contribution < -0.4 is 10.1 Å². The van der Waals surface area contributed by atoms with Crippen LogP contribution in [0, 0.1) is 0 Å². The van der Waals surface area contributed by atoms with Crippen LogP contribution in [0.2, 0.25) is 0 Å². The lowest BCUT2D eigenvalue weighted by Crippen LogP contribution is -2.22. The van der Waals surface area contributed by atoms with E-state index in [4.69, 9.17) is 4.74 Å². The van der Waals surface area contributed by atoms with E-state index >= 15 is 0 Å². The van der Waals surface area contributed by atoms with Crippen LogP contribution in [0.25, 0.3) is 0 Å². The quantitative estimate of drug-likeness (QED) is 0.796. The van der Waals surface area contributed by atoms with E-state index in [2.05, 4.69) is 22.4 Å². The molecule has 1 atom stereocenters. The van der Waals surface area contributed by atoms with Crippen molar-refractivity contribution in [2.45, 2.75) is 30.7 Å². The van der Waals surface area contributed by atoms with Gasteiger partial charge in [0.2, 0.25) is 5.88 Å². The van der Waals surface area contributed by atoms with Gasteiger partial charge in [-0.05, 0) is 36.8 Å². The fraction of sp³-hybridized carbons (Fsp3) is 0.583. The van der Waals surface area contributed by atoms with Crippen molar-refractivity contribution >= 4 is 0 Å². The number of pyridine rings is 1. The van der Waals surface area contributed by atoms with Crippen molar-refractivity contribution in [3.8, 4) is 5.88 Å². The fourth-order valence-electron chi connectivity index (χ4n) is 2.51. The minimum absolute atomic E-state index is 0.501. The van der Waals surface area contributed by atoms with Gasteiger partial charge in [-0.25, -0.2) is 4.98 Å². The first kappa shape index (κ1) is 9.16. The Morgan fingerprint density at radius 3 is 3.07 bits per heavy atom. The molecule has 1 N–H and O–H groups in total. The number of hydrogen-bond acceptors (Lipinski definition) is 3. The van der Waals surface area contributed by atoms with E-state index in [-0.39, 0.29) is 0 Å². The molecule has 2 fully saturated rings. The van der Waals surface area contributed by atoms with Gasteiger partial charge in [0.05, 0.1) is 7.11 Å². The maximum Gasteiger partial charge on any atom is 0.213 e. The molecule has 0 bridgehead atoms. The SMILES string of the molecule is COc1cc(C2CNC3(CC3)C2)ccn1. The number of methoxy groups -OCH3 is 1. The largest absolute Gasteiger partial charge is 0.481 e. The highest BCUT2D eigenvalue weighted by molar-refractivity contribution is 5.28. The van der Waals surface area contributed by atoms with Gasteiger partial charge in [0.15, 0.2) is 0 Å². The Hall–Kier alpha value is -1.09. The molecule has 2 aliphatic rings. The number of aromatic nitrogens is 1. The predicted molar refractivity (Wildman–Crippen MR) is 58.1 cm³/mol. The second-order valence-electron chi connectivity index (χ2n) is 4.69. The van der Waals surface area contributed by atoms with Crippen molar-refractivity contribution in [2.75, 3.05) is 13.7 Å². The first-order valence-electron chi connectivity index (χ1n) is 5.56. The average Bonchev–Trinajstić information content (AvgIpc) is 2.89. The van der Waals surface area contributed by atoms with Crippen LogP contribution >= 0.6 is 0 Å². The third-order valence-electron chi connectivity index (χ3n) is 3.65. The van der Waals surface area contributed by atoms with E-state index in [0.717, 1.165) is 12.4 Å². The molecule has 1 aliphatic carbocycles. The number of rotatable bonds is 2. The normalized spacial score (nSPS) is 26.9. The molecule has 1 aliphatic heterocycles. The molecular formula is C12H16N2O. The van der Waals surface area contributed by atoms with Crippen molar-refractivity contribution in [1.29, 1.82) is 0 Å². The Morgan fingerprint density at radius 1 is 1.53 bits per heavy atom. The van der Waals surface area contributed by atoms with Crippen LogP contribution in [-0.4, -0.2) is 24.2 Å². The monoisotopic (exact) mass is 204 g/mol. The molecule has 3 heteroatoms. The van der Waals surface area contributed by atoms with Gasteiger partial charge in [0.1, 0.15) is 0 Å². The van der Waals surface area contributed by atoms with Gasteiger partial charge < -0.3 is 10.1 Å². The molecule has 1 aromatic rings. The fourth-order valence-corrected chi connectivity index (χ4v) is 2.51. The summed E-state index contributed by atoms with van der Waals surface area (Å²) in [6, 6.07) is 4.17. The molecule has 1 unspecified atom stereocenters. The molecule has 3 nitrogen and oxygen atoms in total. The second-order valence-corrected chi connectivity index (χ2v) is 4.69. The van der Waals surface area contributed by atoms with E-state index in [1.165, 1.54) is 24.8 Å². The smallest absolute Gasteiger partial charge is 0.213 e. The molecule has 1 spiro atoms. The molecule has 3 rings (SSSR count). The summed E-state index contributed by atoms with van der Waals surface area (Å²) < 4.78 is 5.15. The Bertz CT molecular complexity index is 374. The summed E-state index contributed by atoms with van der Waals surface area (Å²) in [5.74, 6) is 1.37. The Kier molecular flexibility index (Phi) is 1.96. The molecule has 80 valence electrons. The molecule has 15 heavy (non-hydrogen) atoms. The third kappa shape index (κ3) is 1.61. The van der Waals surface area contributed by atoms with E-state index in [1.54, 1.807) is 7.11 Å². The van der Waals surface area contributed by atoms with Gasteiger partial charge in [-0.3, -0.25) is 0 Å². The maximum atomic E-state index is 5.15. The van der Waals surface area contributed by atoms with E-state index in [9.17, 15) is 0 Å². The number of hydrogen-bond donors (Lipinski definition) is 1.